The molecule has 0 aliphatic carbocycles. The topological polar surface area (TPSA) is 74.2 Å². The van der Waals surface area contributed by atoms with Crippen molar-refractivity contribution in [3.63, 3.8) is 0 Å². The lowest BCUT2D eigenvalue weighted by Gasteiger charge is -2.24. The van der Waals surface area contributed by atoms with Crippen molar-refractivity contribution in [2.24, 2.45) is 4.99 Å². The van der Waals surface area contributed by atoms with Crippen LogP contribution < -0.4 is 16.0 Å². The van der Waals surface area contributed by atoms with E-state index in [-0.39, 0.29) is 6.04 Å². The predicted molar refractivity (Wildman–Crippen MR) is 168 cm³/mol. The molecule has 3 aromatic rings. The van der Waals surface area contributed by atoms with Gasteiger partial charge < -0.3 is 16.0 Å². The van der Waals surface area contributed by atoms with Crippen molar-refractivity contribution in [3.05, 3.63) is 115 Å². The fourth-order valence-corrected chi connectivity index (χ4v) is 4.88. The largest absolute Gasteiger partial charge is 0.363 e. The Morgan fingerprint density at radius 2 is 1.87 bits per heavy atom. The number of halogens is 1. The molecule has 2 aromatic carbocycles. The normalized spacial score (nSPS) is 14.4. The number of rotatable bonds is 10. The molecule has 0 saturated carbocycles. The number of nitrogens with zero attached hydrogens (tertiary/aromatic N) is 3. The third-order valence-electron chi connectivity index (χ3n) is 6.35. The Hall–Kier alpha value is -4.42. The molecule has 0 bridgehead atoms. The predicted octanol–water partition coefficient (Wildman–Crippen LogP) is 7.73. The summed E-state index contributed by atoms with van der Waals surface area (Å²) in [5.74, 6) is 1.36. The van der Waals surface area contributed by atoms with E-state index in [0.717, 1.165) is 44.7 Å². The van der Waals surface area contributed by atoms with E-state index in [1.54, 1.807) is 6.20 Å². The molecule has 3 N–H and O–H groups in total. The minimum Gasteiger partial charge on any atom is -0.363 e. The van der Waals surface area contributed by atoms with Crippen LogP contribution in [-0.4, -0.2) is 28.8 Å². The summed E-state index contributed by atoms with van der Waals surface area (Å²) in [4.78, 5) is 13.3. The maximum absolute atomic E-state index is 7.27. The molecule has 1 atom stereocenters. The molecule has 1 aliphatic rings. The SMILES string of the molecule is C=CN/C(=C(/Cl)c1cccc(C(/C=N\CC)=C/C)c1-c1ccccc1)C(C)Nc1ncnc2c1C(=C)C=CN2. The van der Waals surface area contributed by atoms with E-state index >= 15 is 0 Å². The summed E-state index contributed by atoms with van der Waals surface area (Å²) in [7, 11) is 0. The highest BCUT2D eigenvalue weighted by Gasteiger charge is 2.22. The van der Waals surface area contributed by atoms with Crippen LogP contribution in [0.1, 0.15) is 37.5 Å². The summed E-state index contributed by atoms with van der Waals surface area (Å²) in [5.41, 5.74) is 7.44. The van der Waals surface area contributed by atoms with Crippen molar-refractivity contribution >= 4 is 45.6 Å². The van der Waals surface area contributed by atoms with Crippen molar-refractivity contribution < 1.29 is 0 Å². The number of fused-ring (bicyclic) bond motifs is 1. The Balaban J connectivity index is 1.86. The van der Waals surface area contributed by atoms with Gasteiger partial charge in [0.05, 0.1) is 22.3 Å². The second kappa shape index (κ2) is 12.9. The van der Waals surface area contributed by atoms with Crippen molar-refractivity contribution in [1.82, 2.24) is 15.3 Å². The zero-order chi connectivity index (χ0) is 27.8. The Bertz CT molecular complexity index is 1480. The van der Waals surface area contributed by atoms with Gasteiger partial charge in [0.1, 0.15) is 18.0 Å². The third-order valence-corrected chi connectivity index (χ3v) is 6.76. The second-order valence-electron chi connectivity index (χ2n) is 8.86. The van der Waals surface area contributed by atoms with Gasteiger partial charge in [-0.1, -0.05) is 79.4 Å². The fraction of sp³-hybridized carbons (Fsp3) is 0.156. The number of benzene rings is 2. The van der Waals surface area contributed by atoms with Crippen LogP contribution in [0.5, 0.6) is 0 Å². The Morgan fingerprint density at radius 1 is 1.10 bits per heavy atom. The lowest BCUT2D eigenvalue weighted by atomic mass is 9.89. The summed E-state index contributed by atoms with van der Waals surface area (Å²) >= 11 is 7.27. The molecule has 1 aromatic heterocycles. The second-order valence-corrected chi connectivity index (χ2v) is 9.23. The van der Waals surface area contributed by atoms with Crippen molar-refractivity contribution in [1.29, 1.82) is 0 Å². The van der Waals surface area contributed by atoms with E-state index in [1.807, 2.05) is 69.6 Å². The van der Waals surface area contributed by atoms with Gasteiger partial charge in [0.2, 0.25) is 0 Å². The highest BCUT2D eigenvalue weighted by atomic mass is 35.5. The van der Waals surface area contributed by atoms with Gasteiger partial charge in [-0.2, -0.15) is 0 Å². The summed E-state index contributed by atoms with van der Waals surface area (Å²) in [5, 5.41) is 10.5. The molecule has 2 heterocycles. The summed E-state index contributed by atoms with van der Waals surface area (Å²) < 4.78 is 0. The zero-order valence-electron chi connectivity index (χ0n) is 22.5. The van der Waals surface area contributed by atoms with Crippen LogP contribution in [0.15, 0.2) is 103 Å². The van der Waals surface area contributed by atoms with Crippen LogP contribution in [-0.2, 0) is 0 Å². The first-order valence-corrected chi connectivity index (χ1v) is 13.2. The number of aromatic nitrogens is 2. The zero-order valence-corrected chi connectivity index (χ0v) is 23.3. The standard InChI is InChI=1S/C32H33ClN6/c1-6-23(19-34-7-2)25-15-12-16-26(28(25)24-13-10-9-11-14-24)29(33)30(35-8-3)22(5)39-32-27-21(4)17-18-36-31(27)37-20-38-32/h6,8-20,22,35H,3-4,7H2,1-2,5H3,(H2,36,37,38,39)/b23-6+,30-29+,34-19-. The fourth-order valence-electron chi connectivity index (χ4n) is 4.50. The minimum atomic E-state index is -0.261. The van der Waals surface area contributed by atoms with Crippen molar-refractivity contribution in [3.8, 4) is 11.1 Å². The highest BCUT2D eigenvalue weighted by Crippen LogP contribution is 2.39. The van der Waals surface area contributed by atoms with E-state index in [2.05, 4.69) is 68.3 Å². The quantitative estimate of drug-likeness (QED) is 0.231. The van der Waals surface area contributed by atoms with Crippen molar-refractivity contribution in [2.45, 2.75) is 26.8 Å². The van der Waals surface area contributed by atoms with Gasteiger partial charge in [0, 0.05) is 24.5 Å². The molecule has 39 heavy (non-hydrogen) atoms. The Morgan fingerprint density at radius 3 is 2.59 bits per heavy atom. The molecule has 0 fully saturated rings. The molecule has 7 heteroatoms. The first-order valence-electron chi connectivity index (χ1n) is 12.9. The van der Waals surface area contributed by atoms with Gasteiger partial charge in [0.25, 0.3) is 0 Å². The first kappa shape index (κ1) is 27.6. The maximum atomic E-state index is 7.27. The monoisotopic (exact) mass is 536 g/mol. The van der Waals surface area contributed by atoms with Crippen molar-refractivity contribution in [2.75, 3.05) is 17.2 Å². The van der Waals surface area contributed by atoms with Gasteiger partial charge in [-0.3, -0.25) is 4.99 Å². The molecule has 6 nitrogen and oxygen atoms in total. The number of hydrogen-bond donors (Lipinski definition) is 3. The molecular formula is C32H33ClN6. The van der Waals surface area contributed by atoms with Crippen LogP contribution in [0.25, 0.3) is 27.3 Å². The lowest BCUT2D eigenvalue weighted by Crippen LogP contribution is -2.27. The van der Waals surface area contributed by atoms with Crippen LogP contribution in [0.4, 0.5) is 11.6 Å². The highest BCUT2D eigenvalue weighted by molar-refractivity contribution is 6.50. The summed E-state index contributed by atoms with van der Waals surface area (Å²) in [6.07, 6.45) is 10.9. The van der Waals surface area contributed by atoms with Gasteiger partial charge >= 0.3 is 0 Å². The third kappa shape index (κ3) is 6.02. The molecule has 0 amide bonds. The number of aliphatic imine (C=N–C) groups is 1. The molecular weight excluding hydrogens is 504 g/mol. The average Bonchev–Trinajstić information content (AvgIpc) is 2.96. The van der Waals surface area contributed by atoms with Crippen LogP contribution in [0.3, 0.4) is 0 Å². The number of hydrogen-bond acceptors (Lipinski definition) is 6. The molecule has 0 spiro atoms. The average molecular weight is 537 g/mol. The van der Waals surface area contributed by atoms with E-state index in [1.165, 1.54) is 6.33 Å². The smallest absolute Gasteiger partial charge is 0.143 e. The number of allylic oxidation sites excluding steroid dienone is 4. The van der Waals surface area contributed by atoms with E-state index < -0.39 is 0 Å². The molecule has 198 valence electrons. The van der Waals surface area contributed by atoms with Gasteiger partial charge in [0.15, 0.2) is 0 Å². The lowest BCUT2D eigenvalue weighted by molar-refractivity contribution is 0.840. The molecule has 1 unspecified atom stereocenters. The summed E-state index contributed by atoms with van der Waals surface area (Å²) in [6.45, 7) is 14.8. The van der Waals surface area contributed by atoms with Gasteiger partial charge in [-0.25, -0.2) is 9.97 Å². The van der Waals surface area contributed by atoms with Crippen LogP contribution in [0.2, 0.25) is 0 Å². The Labute approximate surface area is 235 Å². The van der Waals surface area contributed by atoms with E-state index in [4.69, 9.17) is 11.6 Å². The maximum Gasteiger partial charge on any atom is 0.143 e. The molecule has 1 aliphatic heterocycles. The first-order chi connectivity index (χ1) is 19.0. The van der Waals surface area contributed by atoms with Gasteiger partial charge in [-0.05, 0) is 60.9 Å². The molecule has 4 rings (SSSR count). The Kier molecular flexibility index (Phi) is 9.13. The number of nitrogens with one attached hydrogen (secondary N) is 3. The van der Waals surface area contributed by atoms with Crippen LogP contribution in [0, 0.1) is 0 Å². The van der Waals surface area contributed by atoms with Gasteiger partial charge in [-0.15, -0.1) is 0 Å². The molecule has 0 saturated heterocycles. The summed E-state index contributed by atoms with van der Waals surface area (Å²) in [6, 6.07) is 16.2. The van der Waals surface area contributed by atoms with Crippen LogP contribution >= 0.6 is 11.6 Å². The van der Waals surface area contributed by atoms with E-state index in [9.17, 15) is 0 Å². The molecule has 0 radical (unpaired) electrons. The number of anilines is 2. The van der Waals surface area contributed by atoms with E-state index in [0.29, 0.717) is 23.2 Å². The minimum absolute atomic E-state index is 0.261.